The minimum atomic E-state index is 0.0567. The lowest BCUT2D eigenvalue weighted by atomic mass is 9.96. The third-order valence-corrected chi connectivity index (χ3v) is 6.42. The van der Waals surface area contributed by atoms with E-state index >= 15 is 0 Å². The van der Waals surface area contributed by atoms with Gasteiger partial charge in [-0.05, 0) is 61.8 Å². The standard InChI is InChI=1S/C25H30N4S/c1-4-5-15-28-24(23(27-25(28)30)22-13-9-10-14-26-22)21-16-18(2)29(19(21)3)17-20-11-7-6-8-12-20/h6-14,16,23-24H,4-5,15,17H2,1-3H3,(H,27,30)/t23-,24+/m1/s1. The fourth-order valence-electron chi connectivity index (χ4n) is 4.45. The van der Waals surface area contributed by atoms with Gasteiger partial charge in [0.05, 0.1) is 17.8 Å². The van der Waals surface area contributed by atoms with Gasteiger partial charge in [-0.1, -0.05) is 49.7 Å². The van der Waals surface area contributed by atoms with Crippen molar-refractivity contribution in [2.24, 2.45) is 0 Å². The van der Waals surface area contributed by atoms with E-state index in [1.54, 1.807) is 0 Å². The van der Waals surface area contributed by atoms with Gasteiger partial charge in [-0.15, -0.1) is 0 Å². The van der Waals surface area contributed by atoms with Crippen LogP contribution in [0.1, 0.15) is 60.1 Å². The molecule has 2 atom stereocenters. The highest BCUT2D eigenvalue weighted by Crippen LogP contribution is 2.41. The van der Waals surface area contributed by atoms with E-state index in [4.69, 9.17) is 12.2 Å². The number of rotatable bonds is 7. The van der Waals surface area contributed by atoms with Gasteiger partial charge in [0.25, 0.3) is 0 Å². The van der Waals surface area contributed by atoms with Crippen LogP contribution in [-0.4, -0.2) is 26.1 Å². The zero-order chi connectivity index (χ0) is 21.1. The largest absolute Gasteiger partial charge is 0.352 e. The molecule has 1 aliphatic rings. The van der Waals surface area contributed by atoms with Crippen LogP contribution in [0.3, 0.4) is 0 Å². The molecule has 0 bridgehead atoms. The number of pyridine rings is 1. The van der Waals surface area contributed by atoms with Crippen molar-refractivity contribution in [2.45, 2.75) is 52.2 Å². The van der Waals surface area contributed by atoms with E-state index in [2.05, 4.69) is 89.1 Å². The van der Waals surface area contributed by atoms with Crippen molar-refractivity contribution < 1.29 is 0 Å². The lowest BCUT2D eigenvalue weighted by molar-refractivity contribution is 0.311. The minimum Gasteiger partial charge on any atom is -0.352 e. The fraction of sp³-hybridized carbons (Fsp3) is 0.360. The summed E-state index contributed by atoms with van der Waals surface area (Å²) in [7, 11) is 0. The zero-order valence-electron chi connectivity index (χ0n) is 18.0. The molecule has 30 heavy (non-hydrogen) atoms. The Hall–Kier alpha value is -2.66. The second-order valence-corrected chi connectivity index (χ2v) is 8.46. The van der Waals surface area contributed by atoms with Crippen LogP contribution in [0.5, 0.6) is 0 Å². The molecule has 3 heterocycles. The van der Waals surface area contributed by atoms with Crippen molar-refractivity contribution in [3.05, 3.63) is 89.0 Å². The Morgan fingerprint density at radius 3 is 2.53 bits per heavy atom. The summed E-state index contributed by atoms with van der Waals surface area (Å²) in [5.74, 6) is 0. The molecular weight excluding hydrogens is 388 g/mol. The summed E-state index contributed by atoms with van der Waals surface area (Å²) in [5.41, 5.74) is 6.27. The molecule has 4 nitrogen and oxygen atoms in total. The molecular formula is C25H30N4S. The van der Waals surface area contributed by atoms with Gasteiger partial charge in [0, 0.05) is 30.7 Å². The third-order valence-electron chi connectivity index (χ3n) is 6.07. The summed E-state index contributed by atoms with van der Waals surface area (Å²) >= 11 is 5.78. The Morgan fingerprint density at radius 2 is 1.83 bits per heavy atom. The average Bonchev–Trinajstić information content (AvgIpc) is 3.24. The lowest BCUT2D eigenvalue weighted by Crippen LogP contribution is -2.30. The molecule has 3 aromatic rings. The Morgan fingerprint density at radius 1 is 1.07 bits per heavy atom. The highest BCUT2D eigenvalue weighted by molar-refractivity contribution is 7.80. The van der Waals surface area contributed by atoms with Crippen molar-refractivity contribution >= 4 is 17.3 Å². The smallest absolute Gasteiger partial charge is 0.170 e. The van der Waals surface area contributed by atoms with Gasteiger partial charge < -0.3 is 14.8 Å². The molecule has 156 valence electrons. The van der Waals surface area contributed by atoms with E-state index in [-0.39, 0.29) is 12.1 Å². The molecule has 0 saturated carbocycles. The van der Waals surface area contributed by atoms with E-state index in [1.807, 2.05) is 12.3 Å². The molecule has 0 unspecified atom stereocenters. The van der Waals surface area contributed by atoms with E-state index in [0.717, 1.165) is 36.7 Å². The van der Waals surface area contributed by atoms with Crippen molar-refractivity contribution in [1.29, 1.82) is 0 Å². The molecule has 5 heteroatoms. The summed E-state index contributed by atoms with van der Waals surface area (Å²) in [4.78, 5) is 7.02. The summed E-state index contributed by atoms with van der Waals surface area (Å²) in [6, 6.07) is 19.3. The van der Waals surface area contributed by atoms with Gasteiger partial charge in [0.15, 0.2) is 5.11 Å². The van der Waals surface area contributed by atoms with Crippen molar-refractivity contribution in [3.63, 3.8) is 0 Å². The van der Waals surface area contributed by atoms with Crippen LogP contribution in [0.4, 0.5) is 0 Å². The van der Waals surface area contributed by atoms with E-state index in [1.165, 1.54) is 22.5 Å². The predicted molar refractivity (Wildman–Crippen MR) is 127 cm³/mol. The molecule has 1 saturated heterocycles. The number of unbranched alkanes of at least 4 members (excludes halogenated alkanes) is 1. The van der Waals surface area contributed by atoms with Gasteiger partial charge in [-0.25, -0.2) is 0 Å². The SMILES string of the molecule is CCCCN1C(=S)N[C@H](c2ccccn2)[C@@H]1c1cc(C)n(Cc2ccccc2)c1C. The first-order valence-electron chi connectivity index (χ1n) is 10.8. The first-order valence-corrected chi connectivity index (χ1v) is 11.2. The van der Waals surface area contributed by atoms with Gasteiger partial charge in [0.2, 0.25) is 0 Å². The lowest BCUT2D eigenvalue weighted by Gasteiger charge is -2.28. The number of benzene rings is 1. The van der Waals surface area contributed by atoms with E-state index in [9.17, 15) is 0 Å². The van der Waals surface area contributed by atoms with Crippen LogP contribution < -0.4 is 5.32 Å². The van der Waals surface area contributed by atoms with Crippen LogP contribution in [0.15, 0.2) is 60.8 Å². The number of aromatic nitrogens is 2. The van der Waals surface area contributed by atoms with Crippen molar-refractivity contribution in [1.82, 2.24) is 19.8 Å². The normalized spacial score (nSPS) is 18.6. The Balaban J connectivity index is 1.74. The predicted octanol–water partition coefficient (Wildman–Crippen LogP) is 5.32. The van der Waals surface area contributed by atoms with E-state index in [0.29, 0.717) is 0 Å². The van der Waals surface area contributed by atoms with Crippen LogP contribution in [-0.2, 0) is 6.54 Å². The molecule has 0 aliphatic carbocycles. The monoisotopic (exact) mass is 418 g/mol. The Labute approximate surface area is 184 Å². The maximum absolute atomic E-state index is 5.78. The van der Waals surface area contributed by atoms with Crippen molar-refractivity contribution in [2.75, 3.05) is 6.54 Å². The summed E-state index contributed by atoms with van der Waals surface area (Å²) < 4.78 is 2.42. The maximum Gasteiger partial charge on any atom is 0.170 e. The molecule has 4 rings (SSSR count). The summed E-state index contributed by atoms with van der Waals surface area (Å²) in [6.45, 7) is 8.50. The Bertz CT molecular complexity index is 997. The highest BCUT2D eigenvalue weighted by Gasteiger charge is 2.40. The molecule has 0 amide bonds. The first-order chi connectivity index (χ1) is 14.6. The van der Waals surface area contributed by atoms with E-state index < -0.39 is 0 Å². The van der Waals surface area contributed by atoms with Gasteiger partial charge in [-0.3, -0.25) is 4.98 Å². The minimum absolute atomic E-state index is 0.0567. The summed E-state index contributed by atoms with van der Waals surface area (Å²) in [6.07, 6.45) is 4.13. The molecule has 1 aliphatic heterocycles. The number of thiocarbonyl (C=S) groups is 1. The highest BCUT2D eigenvalue weighted by atomic mass is 32.1. The fourth-order valence-corrected chi connectivity index (χ4v) is 4.78. The molecule has 0 spiro atoms. The first kappa shape index (κ1) is 20.6. The molecule has 1 aromatic carbocycles. The van der Waals surface area contributed by atoms with Gasteiger partial charge in [-0.2, -0.15) is 0 Å². The number of hydrogen-bond acceptors (Lipinski definition) is 2. The second-order valence-electron chi connectivity index (χ2n) is 8.07. The topological polar surface area (TPSA) is 33.1 Å². The molecule has 1 fully saturated rings. The van der Waals surface area contributed by atoms with Gasteiger partial charge in [0.1, 0.15) is 0 Å². The van der Waals surface area contributed by atoms with Crippen LogP contribution >= 0.6 is 12.2 Å². The summed E-state index contributed by atoms with van der Waals surface area (Å²) in [5, 5.41) is 4.40. The maximum atomic E-state index is 5.78. The van der Waals surface area contributed by atoms with Crippen LogP contribution in [0, 0.1) is 13.8 Å². The van der Waals surface area contributed by atoms with Crippen LogP contribution in [0.2, 0.25) is 0 Å². The Kier molecular flexibility index (Phi) is 6.18. The quantitative estimate of drug-likeness (QED) is 0.527. The third kappa shape index (κ3) is 3.99. The molecule has 2 aromatic heterocycles. The average molecular weight is 419 g/mol. The van der Waals surface area contributed by atoms with Crippen molar-refractivity contribution in [3.8, 4) is 0 Å². The zero-order valence-corrected chi connectivity index (χ0v) is 18.8. The van der Waals surface area contributed by atoms with Gasteiger partial charge >= 0.3 is 0 Å². The number of nitrogens with zero attached hydrogens (tertiary/aromatic N) is 3. The van der Waals surface area contributed by atoms with Crippen LogP contribution in [0.25, 0.3) is 0 Å². The molecule has 1 N–H and O–H groups in total. The second kappa shape index (κ2) is 9.00. The number of hydrogen-bond donors (Lipinski definition) is 1. The number of aryl methyl sites for hydroxylation is 1. The number of nitrogens with one attached hydrogen (secondary N) is 1. The molecule has 0 radical (unpaired) electrons.